The van der Waals surface area contributed by atoms with E-state index in [1.165, 1.54) is 16.6 Å². The van der Waals surface area contributed by atoms with Crippen LogP contribution in [0.15, 0.2) is 57.7 Å². The minimum Gasteiger partial charge on any atom is -0.422 e. The maximum absolute atomic E-state index is 12.8. The summed E-state index contributed by atoms with van der Waals surface area (Å²) in [5, 5.41) is 2.03. The zero-order valence-electron chi connectivity index (χ0n) is 21.6. The first kappa shape index (κ1) is 25.2. The van der Waals surface area contributed by atoms with Crippen molar-refractivity contribution in [1.82, 2.24) is 0 Å². The van der Waals surface area contributed by atoms with Gasteiger partial charge in [0.2, 0.25) is 5.52 Å². The molecule has 4 rings (SSSR count). The Morgan fingerprint density at radius 3 is 2.49 bits per heavy atom. The molecule has 2 aromatic carbocycles. The molecule has 4 nitrogen and oxygen atoms in total. The molecule has 0 bridgehead atoms. The van der Waals surface area contributed by atoms with Crippen LogP contribution in [0, 0.1) is 11.8 Å². The molecule has 0 spiro atoms. The van der Waals surface area contributed by atoms with Crippen molar-refractivity contribution in [2.75, 3.05) is 18.0 Å². The first-order chi connectivity index (χ1) is 16.8. The summed E-state index contributed by atoms with van der Waals surface area (Å²) in [5.41, 5.74) is 3.23. The number of anilines is 1. The molecule has 0 saturated carbocycles. The maximum Gasteiger partial charge on any atom is 0.343 e. The van der Waals surface area contributed by atoms with E-state index in [2.05, 4.69) is 68.5 Å². The zero-order chi connectivity index (χ0) is 24.9. The van der Waals surface area contributed by atoms with Gasteiger partial charge in [-0.2, -0.15) is 4.57 Å². The molecule has 4 aromatic rings. The Bertz CT molecular complexity index is 1380. The summed E-state index contributed by atoms with van der Waals surface area (Å²) in [7, 11) is 2.05. The van der Waals surface area contributed by atoms with E-state index in [4.69, 9.17) is 4.42 Å². The average Bonchev–Trinajstić information content (AvgIpc) is 3.15. The lowest BCUT2D eigenvalue weighted by atomic mass is 10.1. The SMILES string of the molecule is CC(C)CCCN(CCC(C)C)c1ccc2cc(C=Cc3sc4ccccc4[n+]3C)c(=O)oc2c1. The van der Waals surface area contributed by atoms with Crippen molar-refractivity contribution in [3.05, 3.63) is 69.5 Å². The second kappa shape index (κ2) is 11.2. The molecule has 2 aromatic heterocycles. The molecule has 0 aliphatic heterocycles. The van der Waals surface area contributed by atoms with E-state index in [1.54, 1.807) is 11.3 Å². The van der Waals surface area contributed by atoms with E-state index in [0.29, 0.717) is 23.0 Å². The predicted octanol–water partition coefficient (Wildman–Crippen LogP) is 7.29. The molecule has 0 fully saturated rings. The monoisotopic (exact) mass is 489 g/mol. The number of para-hydroxylation sites is 1. The van der Waals surface area contributed by atoms with Gasteiger partial charge >= 0.3 is 5.63 Å². The number of nitrogens with zero attached hydrogens (tertiary/aromatic N) is 2. The van der Waals surface area contributed by atoms with E-state index in [9.17, 15) is 4.79 Å². The molecular weight excluding hydrogens is 452 g/mol. The van der Waals surface area contributed by atoms with Crippen LogP contribution in [-0.4, -0.2) is 13.1 Å². The normalized spacial score (nSPS) is 12.1. The molecule has 0 radical (unpaired) electrons. The summed E-state index contributed by atoms with van der Waals surface area (Å²) < 4.78 is 9.17. The highest BCUT2D eigenvalue weighted by molar-refractivity contribution is 7.18. The van der Waals surface area contributed by atoms with Crippen molar-refractivity contribution >= 4 is 50.4 Å². The minimum absolute atomic E-state index is 0.303. The largest absolute Gasteiger partial charge is 0.422 e. The van der Waals surface area contributed by atoms with Gasteiger partial charge in [-0.1, -0.05) is 51.2 Å². The average molecular weight is 490 g/mol. The van der Waals surface area contributed by atoms with Crippen molar-refractivity contribution in [2.45, 2.75) is 47.0 Å². The Hall–Kier alpha value is -2.92. The van der Waals surface area contributed by atoms with Crippen LogP contribution in [0.25, 0.3) is 33.3 Å². The van der Waals surface area contributed by atoms with Crippen LogP contribution in [0.5, 0.6) is 0 Å². The van der Waals surface area contributed by atoms with Gasteiger partial charge in [-0.05, 0) is 61.4 Å². The number of benzene rings is 2. The summed E-state index contributed by atoms with van der Waals surface area (Å²) in [5.74, 6) is 1.36. The fourth-order valence-electron chi connectivity index (χ4n) is 4.33. The van der Waals surface area contributed by atoms with Crippen LogP contribution in [0.2, 0.25) is 0 Å². The van der Waals surface area contributed by atoms with Gasteiger partial charge < -0.3 is 9.32 Å². The summed E-state index contributed by atoms with van der Waals surface area (Å²) in [6.07, 6.45) is 7.39. The molecule has 0 aliphatic carbocycles. The van der Waals surface area contributed by atoms with Crippen molar-refractivity contribution in [1.29, 1.82) is 0 Å². The molecular formula is C30H37N2O2S+. The second-order valence-corrected chi connectivity index (χ2v) is 11.3. The molecule has 5 heteroatoms. The quantitative estimate of drug-likeness (QED) is 0.173. The standard InChI is InChI=1S/C30H37N2O2S/c1-21(2)9-8-17-32(18-16-22(3)4)25-14-12-23-19-24(30(33)34-27(23)20-25)13-15-29-31(5)26-10-6-7-11-28(26)35-29/h6-7,10-15,19-22H,8-9,16-18H2,1-5H3/q+1. The van der Waals surface area contributed by atoms with Crippen LogP contribution in [0.4, 0.5) is 5.69 Å². The molecule has 0 aliphatic rings. The number of fused-ring (bicyclic) bond motifs is 2. The predicted molar refractivity (Wildman–Crippen MR) is 150 cm³/mol. The Labute approximate surface area is 212 Å². The Kier molecular flexibility index (Phi) is 8.07. The third-order valence-electron chi connectivity index (χ3n) is 6.47. The highest BCUT2D eigenvalue weighted by Crippen LogP contribution is 2.25. The van der Waals surface area contributed by atoms with Crippen molar-refractivity contribution in [3.8, 4) is 0 Å². The van der Waals surface area contributed by atoms with E-state index in [1.807, 2.05) is 36.4 Å². The van der Waals surface area contributed by atoms with Gasteiger partial charge in [0.05, 0.1) is 5.56 Å². The summed E-state index contributed by atoms with van der Waals surface area (Å²) in [6.45, 7) is 11.1. The lowest BCUT2D eigenvalue weighted by molar-refractivity contribution is -0.642. The van der Waals surface area contributed by atoms with E-state index in [0.717, 1.165) is 42.0 Å². The van der Waals surface area contributed by atoms with Crippen LogP contribution in [-0.2, 0) is 7.05 Å². The highest BCUT2D eigenvalue weighted by Gasteiger charge is 2.14. The molecule has 2 heterocycles. The number of hydrogen-bond acceptors (Lipinski definition) is 4. The molecule has 184 valence electrons. The molecule has 35 heavy (non-hydrogen) atoms. The highest BCUT2D eigenvalue weighted by atomic mass is 32.1. The Morgan fingerprint density at radius 1 is 0.971 bits per heavy atom. The fraction of sp³-hybridized carbons (Fsp3) is 0.400. The van der Waals surface area contributed by atoms with Crippen LogP contribution in [0.1, 0.15) is 57.5 Å². The lowest BCUT2D eigenvalue weighted by Crippen LogP contribution is -2.28. The molecule has 0 saturated heterocycles. The lowest BCUT2D eigenvalue weighted by Gasteiger charge is -2.26. The molecule has 0 unspecified atom stereocenters. The second-order valence-electron chi connectivity index (χ2n) is 10.2. The van der Waals surface area contributed by atoms with Gasteiger partial charge in [-0.15, -0.1) is 0 Å². The third-order valence-corrected chi connectivity index (χ3v) is 7.66. The van der Waals surface area contributed by atoms with Gasteiger partial charge in [-0.3, -0.25) is 0 Å². The number of aryl methyl sites for hydroxylation is 1. The maximum atomic E-state index is 12.8. The van der Waals surface area contributed by atoms with Crippen LogP contribution >= 0.6 is 11.3 Å². The summed E-state index contributed by atoms with van der Waals surface area (Å²) in [6, 6.07) is 16.5. The fourth-order valence-corrected chi connectivity index (χ4v) is 5.38. The van der Waals surface area contributed by atoms with Gasteiger partial charge in [0.25, 0.3) is 5.01 Å². The molecule has 0 N–H and O–H groups in total. The van der Waals surface area contributed by atoms with Crippen molar-refractivity contribution in [2.24, 2.45) is 18.9 Å². The van der Waals surface area contributed by atoms with Crippen molar-refractivity contribution in [3.63, 3.8) is 0 Å². The van der Waals surface area contributed by atoms with E-state index < -0.39 is 0 Å². The van der Waals surface area contributed by atoms with Gasteiger partial charge in [0.1, 0.15) is 17.3 Å². The zero-order valence-corrected chi connectivity index (χ0v) is 22.4. The van der Waals surface area contributed by atoms with E-state index in [-0.39, 0.29) is 5.63 Å². The summed E-state index contributed by atoms with van der Waals surface area (Å²) in [4.78, 5) is 15.3. The van der Waals surface area contributed by atoms with Gasteiger partial charge in [0, 0.05) is 42.4 Å². The smallest absolute Gasteiger partial charge is 0.343 e. The van der Waals surface area contributed by atoms with Crippen LogP contribution < -0.4 is 15.1 Å². The number of thiazole rings is 1. The van der Waals surface area contributed by atoms with Crippen molar-refractivity contribution < 1.29 is 8.98 Å². The topological polar surface area (TPSA) is 37.3 Å². The van der Waals surface area contributed by atoms with E-state index >= 15 is 0 Å². The number of rotatable bonds is 10. The Balaban J connectivity index is 1.59. The first-order valence-corrected chi connectivity index (χ1v) is 13.5. The third kappa shape index (κ3) is 6.21. The summed E-state index contributed by atoms with van der Waals surface area (Å²) >= 11 is 1.71. The minimum atomic E-state index is -0.303. The first-order valence-electron chi connectivity index (χ1n) is 12.7. The number of aromatic nitrogens is 1. The Morgan fingerprint density at radius 2 is 1.74 bits per heavy atom. The molecule has 0 amide bonds. The number of hydrogen-bond donors (Lipinski definition) is 0. The molecule has 0 atom stereocenters. The van der Waals surface area contributed by atoms with Gasteiger partial charge in [-0.25, -0.2) is 4.79 Å². The van der Waals surface area contributed by atoms with Gasteiger partial charge in [0.15, 0.2) is 0 Å². The van der Waals surface area contributed by atoms with Crippen LogP contribution in [0.3, 0.4) is 0 Å².